The van der Waals surface area contributed by atoms with E-state index in [9.17, 15) is 0 Å². The molecule has 1 fully saturated rings. The van der Waals surface area contributed by atoms with Crippen LogP contribution >= 0.6 is 0 Å². The van der Waals surface area contributed by atoms with Crippen molar-refractivity contribution in [3.05, 3.63) is 6.20 Å². The van der Waals surface area contributed by atoms with Gasteiger partial charge in [0.05, 0.1) is 25.5 Å². The number of hydrogen-bond acceptors (Lipinski definition) is 5. The molecule has 0 radical (unpaired) electrons. The van der Waals surface area contributed by atoms with Gasteiger partial charge in [-0.3, -0.25) is 4.90 Å². The summed E-state index contributed by atoms with van der Waals surface area (Å²) in [7, 11) is 0. The second-order valence-corrected chi connectivity index (χ2v) is 4.45. The Kier molecular flexibility index (Phi) is 3.40. The summed E-state index contributed by atoms with van der Waals surface area (Å²) >= 11 is 0. The lowest BCUT2D eigenvalue weighted by Gasteiger charge is -2.35. The average Bonchev–Trinajstić information content (AvgIpc) is 2.64. The maximum atomic E-state index is 5.70. The van der Waals surface area contributed by atoms with Gasteiger partial charge in [-0.15, -0.1) is 5.10 Å². The van der Waals surface area contributed by atoms with Gasteiger partial charge in [0.2, 0.25) is 0 Å². The maximum absolute atomic E-state index is 5.70. The maximum Gasteiger partial charge on any atom is 0.165 e. The Labute approximate surface area is 95.4 Å². The van der Waals surface area contributed by atoms with Gasteiger partial charge in [-0.05, 0) is 13.8 Å². The van der Waals surface area contributed by atoms with E-state index in [1.807, 2.05) is 0 Å². The van der Waals surface area contributed by atoms with Crippen LogP contribution in [0.4, 0.5) is 5.82 Å². The number of nitrogens with two attached hydrogens (primary N) is 1. The Balaban J connectivity index is 1.90. The third kappa shape index (κ3) is 2.70. The van der Waals surface area contributed by atoms with E-state index in [0.29, 0.717) is 18.4 Å². The Hall–Kier alpha value is -1.14. The molecule has 6 nitrogen and oxygen atoms in total. The highest BCUT2D eigenvalue weighted by Crippen LogP contribution is 2.10. The summed E-state index contributed by atoms with van der Waals surface area (Å²) in [6.07, 6.45) is 1.91. The highest BCUT2D eigenvalue weighted by molar-refractivity contribution is 5.19. The van der Waals surface area contributed by atoms with Gasteiger partial charge < -0.3 is 10.5 Å². The molecule has 0 aliphatic carbocycles. The van der Waals surface area contributed by atoms with Crippen LogP contribution in [0.3, 0.4) is 0 Å². The van der Waals surface area contributed by atoms with Gasteiger partial charge in [0.1, 0.15) is 0 Å². The van der Waals surface area contributed by atoms with Crippen LogP contribution in [-0.4, -0.2) is 51.7 Å². The van der Waals surface area contributed by atoms with Crippen LogP contribution in [0.5, 0.6) is 0 Å². The lowest BCUT2D eigenvalue weighted by molar-refractivity contribution is -0.0471. The van der Waals surface area contributed by atoms with E-state index >= 15 is 0 Å². The molecule has 16 heavy (non-hydrogen) atoms. The van der Waals surface area contributed by atoms with Gasteiger partial charge in [-0.2, -0.15) is 0 Å². The zero-order valence-electron chi connectivity index (χ0n) is 9.83. The Morgan fingerprint density at radius 3 is 3.06 bits per heavy atom. The molecule has 2 heterocycles. The molecule has 1 aliphatic heterocycles. The summed E-state index contributed by atoms with van der Waals surface area (Å²) in [6, 6.07) is 0.562. The lowest BCUT2D eigenvalue weighted by Crippen LogP contribution is -2.47. The number of anilines is 1. The fourth-order valence-electron chi connectivity index (χ4n) is 1.93. The van der Waals surface area contributed by atoms with Crippen molar-refractivity contribution in [1.29, 1.82) is 0 Å². The van der Waals surface area contributed by atoms with Gasteiger partial charge in [0, 0.05) is 19.1 Å². The van der Waals surface area contributed by atoms with Crippen molar-refractivity contribution >= 4 is 5.82 Å². The molecule has 0 bridgehead atoms. The SMILES string of the molecule is CC(C)N1CCOC(Cn2cc(N)nn2)C1. The summed E-state index contributed by atoms with van der Waals surface area (Å²) in [6.45, 7) is 7.86. The molecule has 1 aromatic rings. The van der Waals surface area contributed by atoms with Crippen LogP contribution in [0.25, 0.3) is 0 Å². The molecule has 6 heteroatoms. The van der Waals surface area contributed by atoms with Crippen molar-refractivity contribution < 1.29 is 4.74 Å². The number of nitrogens with zero attached hydrogens (tertiary/aromatic N) is 4. The molecule has 1 atom stereocenters. The quantitative estimate of drug-likeness (QED) is 0.782. The van der Waals surface area contributed by atoms with E-state index in [1.54, 1.807) is 10.9 Å². The number of aromatic nitrogens is 3. The number of rotatable bonds is 3. The van der Waals surface area contributed by atoms with Crippen molar-refractivity contribution in [1.82, 2.24) is 19.9 Å². The van der Waals surface area contributed by atoms with Gasteiger partial charge in [-0.25, -0.2) is 4.68 Å². The predicted molar refractivity (Wildman–Crippen MR) is 60.9 cm³/mol. The first kappa shape index (κ1) is 11.3. The number of morpholine rings is 1. The molecule has 1 aromatic heterocycles. The third-order valence-electron chi connectivity index (χ3n) is 2.85. The molecule has 0 saturated carbocycles. The minimum absolute atomic E-state index is 0.178. The molecular formula is C10H19N5O. The fraction of sp³-hybridized carbons (Fsp3) is 0.800. The number of ether oxygens (including phenoxy) is 1. The highest BCUT2D eigenvalue weighted by atomic mass is 16.5. The van der Waals surface area contributed by atoms with Crippen molar-refractivity contribution in [2.75, 3.05) is 25.4 Å². The zero-order valence-corrected chi connectivity index (χ0v) is 9.83. The molecule has 0 amide bonds. The standard InChI is InChI=1S/C10H19N5O/c1-8(2)14-3-4-16-9(5-14)6-15-7-10(11)12-13-15/h7-9H,3-6,11H2,1-2H3. The monoisotopic (exact) mass is 225 g/mol. The normalized spacial score (nSPS) is 22.8. The van der Waals surface area contributed by atoms with Crippen molar-refractivity contribution in [3.63, 3.8) is 0 Å². The number of nitrogen functional groups attached to an aromatic ring is 1. The van der Waals surface area contributed by atoms with Gasteiger partial charge >= 0.3 is 0 Å². The van der Waals surface area contributed by atoms with Crippen molar-refractivity contribution in [3.8, 4) is 0 Å². The molecule has 1 unspecified atom stereocenters. The summed E-state index contributed by atoms with van der Waals surface area (Å²) in [5.41, 5.74) is 5.51. The van der Waals surface area contributed by atoms with Gasteiger partial charge in [0.25, 0.3) is 0 Å². The topological polar surface area (TPSA) is 69.2 Å². The molecule has 0 spiro atoms. The van der Waals surface area contributed by atoms with Crippen LogP contribution in [-0.2, 0) is 11.3 Å². The molecule has 2 rings (SSSR count). The van der Waals surface area contributed by atoms with Crippen molar-refractivity contribution in [2.24, 2.45) is 0 Å². The van der Waals surface area contributed by atoms with E-state index in [2.05, 4.69) is 29.1 Å². The molecule has 90 valence electrons. The summed E-state index contributed by atoms with van der Waals surface area (Å²) in [5, 5.41) is 7.68. The minimum Gasteiger partial charge on any atom is -0.381 e. The molecular weight excluding hydrogens is 206 g/mol. The minimum atomic E-state index is 0.178. The Bertz CT molecular complexity index is 338. The van der Waals surface area contributed by atoms with E-state index < -0.39 is 0 Å². The average molecular weight is 225 g/mol. The first-order chi connectivity index (χ1) is 7.65. The second-order valence-electron chi connectivity index (χ2n) is 4.45. The summed E-state index contributed by atoms with van der Waals surface area (Å²) in [4.78, 5) is 2.41. The van der Waals surface area contributed by atoms with Crippen LogP contribution in [0.15, 0.2) is 6.20 Å². The van der Waals surface area contributed by atoms with Crippen LogP contribution < -0.4 is 5.73 Å². The van der Waals surface area contributed by atoms with Crippen LogP contribution in [0, 0.1) is 0 Å². The first-order valence-electron chi connectivity index (χ1n) is 5.66. The Morgan fingerprint density at radius 2 is 2.44 bits per heavy atom. The second kappa shape index (κ2) is 4.80. The smallest absolute Gasteiger partial charge is 0.165 e. The fourth-order valence-corrected chi connectivity index (χ4v) is 1.93. The highest BCUT2D eigenvalue weighted by Gasteiger charge is 2.22. The van der Waals surface area contributed by atoms with Gasteiger partial charge in [-0.1, -0.05) is 5.21 Å². The molecule has 2 N–H and O–H groups in total. The molecule has 0 aromatic carbocycles. The summed E-state index contributed by atoms with van der Waals surface area (Å²) < 4.78 is 7.44. The van der Waals surface area contributed by atoms with E-state index in [-0.39, 0.29) is 6.10 Å². The van der Waals surface area contributed by atoms with E-state index in [0.717, 1.165) is 19.7 Å². The molecule has 1 saturated heterocycles. The Morgan fingerprint density at radius 1 is 1.62 bits per heavy atom. The van der Waals surface area contributed by atoms with Crippen LogP contribution in [0.2, 0.25) is 0 Å². The van der Waals surface area contributed by atoms with Crippen LogP contribution in [0.1, 0.15) is 13.8 Å². The van der Waals surface area contributed by atoms with Crippen molar-refractivity contribution in [2.45, 2.75) is 32.5 Å². The largest absolute Gasteiger partial charge is 0.381 e. The predicted octanol–water partition coefficient (Wildman–Crippen LogP) is -0.0305. The van der Waals surface area contributed by atoms with E-state index in [4.69, 9.17) is 10.5 Å². The third-order valence-corrected chi connectivity index (χ3v) is 2.85. The van der Waals surface area contributed by atoms with E-state index in [1.165, 1.54) is 0 Å². The lowest BCUT2D eigenvalue weighted by atomic mass is 10.2. The first-order valence-corrected chi connectivity index (χ1v) is 5.66. The molecule has 1 aliphatic rings. The van der Waals surface area contributed by atoms with Gasteiger partial charge in [0.15, 0.2) is 5.82 Å². The summed E-state index contributed by atoms with van der Waals surface area (Å²) in [5.74, 6) is 0.455. The number of hydrogen-bond donors (Lipinski definition) is 1. The zero-order chi connectivity index (χ0) is 11.5.